The lowest BCUT2D eigenvalue weighted by Gasteiger charge is -2.05. The minimum atomic E-state index is -0.162. The van der Waals surface area contributed by atoms with Gasteiger partial charge in [0.2, 0.25) is 0 Å². The fourth-order valence-electron chi connectivity index (χ4n) is 1.78. The van der Waals surface area contributed by atoms with E-state index in [2.05, 4.69) is 26.8 Å². The van der Waals surface area contributed by atoms with Crippen LogP contribution in [0.3, 0.4) is 0 Å². The van der Waals surface area contributed by atoms with Crippen molar-refractivity contribution >= 4 is 22.9 Å². The Morgan fingerprint density at radius 2 is 2.12 bits per heavy atom. The molecule has 0 aromatic carbocycles. The summed E-state index contributed by atoms with van der Waals surface area (Å²) in [6.45, 7) is 6.28. The first kappa shape index (κ1) is 11.7. The second kappa shape index (κ2) is 4.64. The van der Waals surface area contributed by atoms with Crippen LogP contribution in [0, 0.1) is 13.8 Å². The fraction of sp³-hybridized carbons (Fsp3) is 0.385. The van der Waals surface area contributed by atoms with E-state index in [0.717, 1.165) is 17.9 Å². The van der Waals surface area contributed by atoms with Crippen molar-refractivity contribution in [1.82, 2.24) is 0 Å². The molecule has 0 saturated heterocycles. The molecule has 0 aliphatic heterocycles. The van der Waals surface area contributed by atoms with Crippen LogP contribution in [-0.4, -0.2) is 0 Å². The van der Waals surface area contributed by atoms with Crippen molar-refractivity contribution in [2.24, 2.45) is 0 Å². The number of hydrogen-bond acceptors (Lipinski definition) is 2. The third kappa shape index (κ3) is 2.18. The van der Waals surface area contributed by atoms with Gasteiger partial charge in [-0.25, -0.2) is 0 Å². The monoisotopic (exact) mass is 254 g/mol. The highest BCUT2D eigenvalue weighted by Crippen LogP contribution is 2.35. The Kier molecular flexibility index (Phi) is 3.41. The standard InChI is InChI=1S/C13H15ClOS/c1-4-10-5-6-12(15-10)13(14)11-7-8(2)16-9(11)3/h5-7,13H,4H2,1-3H3. The third-order valence-electron chi connectivity index (χ3n) is 2.63. The molecular weight excluding hydrogens is 240 g/mol. The quantitative estimate of drug-likeness (QED) is 0.714. The number of aryl methyl sites for hydroxylation is 3. The van der Waals surface area contributed by atoms with E-state index in [4.69, 9.17) is 16.0 Å². The van der Waals surface area contributed by atoms with Gasteiger partial charge in [-0.2, -0.15) is 0 Å². The largest absolute Gasteiger partial charge is 0.464 e. The normalized spacial score (nSPS) is 13.0. The van der Waals surface area contributed by atoms with E-state index in [9.17, 15) is 0 Å². The van der Waals surface area contributed by atoms with Crippen molar-refractivity contribution in [3.05, 3.63) is 45.0 Å². The molecule has 0 saturated carbocycles. The summed E-state index contributed by atoms with van der Waals surface area (Å²) in [5.74, 6) is 1.84. The summed E-state index contributed by atoms with van der Waals surface area (Å²) in [5.41, 5.74) is 1.17. The molecule has 2 aromatic rings. The Morgan fingerprint density at radius 1 is 1.38 bits per heavy atom. The van der Waals surface area contributed by atoms with E-state index in [1.54, 1.807) is 11.3 Å². The minimum absolute atomic E-state index is 0.162. The Morgan fingerprint density at radius 3 is 2.62 bits per heavy atom. The number of hydrogen-bond donors (Lipinski definition) is 0. The summed E-state index contributed by atoms with van der Waals surface area (Å²) in [5, 5.41) is -0.162. The lowest BCUT2D eigenvalue weighted by molar-refractivity contribution is 0.474. The summed E-state index contributed by atoms with van der Waals surface area (Å²) >= 11 is 8.21. The van der Waals surface area contributed by atoms with Crippen LogP contribution in [0.25, 0.3) is 0 Å². The van der Waals surface area contributed by atoms with Gasteiger partial charge in [-0.1, -0.05) is 6.92 Å². The number of rotatable bonds is 3. The fourth-order valence-corrected chi connectivity index (χ4v) is 3.15. The van der Waals surface area contributed by atoms with E-state index < -0.39 is 0 Å². The van der Waals surface area contributed by atoms with Crippen molar-refractivity contribution in [2.75, 3.05) is 0 Å². The van der Waals surface area contributed by atoms with E-state index >= 15 is 0 Å². The molecule has 0 fully saturated rings. The molecule has 0 N–H and O–H groups in total. The van der Waals surface area contributed by atoms with Crippen molar-refractivity contribution in [2.45, 2.75) is 32.6 Å². The van der Waals surface area contributed by atoms with Gasteiger partial charge in [0.05, 0.1) is 0 Å². The zero-order chi connectivity index (χ0) is 11.7. The maximum absolute atomic E-state index is 6.43. The van der Waals surface area contributed by atoms with Gasteiger partial charge in [-0.3, -0.25) is 0 Å². The lowest BCUT2D eigenvalue weighted by Crippen LogP contribution is -1.90. The lowest BCUT2D eigenvalue weighted by atomic mass is 10.1. The molecule has 0 radical (unpaired) electrons. The van der Waals surface area contributed by atoms with Crippen LogP contribution in [0.5, 0.6) is 0 Å². The van der Waals surface area contributed by atoms with Crippen molar-refractivity contribution < 1.29 is 4.42 Å². The predicted octanol–water partition coefficient (Wildman–Crippen LogP) is 4.85. The Hall–Kier alpha value is -0.730. The van der Waals surface area contributed by atoms with Gasteiger partial charge >= 0.3 is 0 Å². The summed E-state index contributed by atoms with van der Waals surface area (Å²) in [4.78, 5) is 2.56. The van der Waals surface area contributed by atoms with Crippen molar-refractivity contribution in [1.29, 1.82) is 0 Å². The molecule has 3 heteroatoms. The highest BCUT2D eigenvalue weighted by atomic mass is 35.5. The Balaban J connectivity index is 2.31. The molecule has 0 spiro atoms. The van der Waals surface area contributed by atoms with Crippen LogP contribution >= 0.6 is 22.9 Å². The van der Waals surface area contributed by atoms with Gasteiger partial charge in [0.1, 0.15) is 16.9 Å². The molecule has 0 amide bonds. The van der Waals surface area contributed by atoms with Crippen LogP contribution in [0.2, 0.25) is 0 Å². The highest BCUT2D eigenvalue weighted by Gasteiger charge is 2.18. The molecule has 1 nitrogen and oxygen atoms in total. The summed E-state index contributed by atoms with van der Waals surface area (Å²) in [7, 11) is 0. The van der Waals surface area contributed by atoms with E-state index in [-0.39, 0.29) is 5.38 Å². The Bertz CT molecular complexity index is 484. The molecule has 86 valence electrons. The van der Waals surface area contributed by atoms with Crippen LogP contribution in [0.4, 0.5) is 0 Å². The second-order valence-corrected chi connectivity index (χ2v) is 5.79. The van der Waals surface area contributed by atoms with E-state index in [1.807, 2.05) is 12.1 Å². The van der Waals surface area contributed by atoms with Crippen LogP contribution in [-0.2, 0) is 6.42 Å². The predicted molar refractivity (Wildman–Crippen MR) is 69.6 cm³/mol. The molecule has 0 bridgehead atoms. The smallest absolute Gasteiger partial charge is 0.126 e. The molecular formula is C13H15ClOS. The maximum atomic E-state index is 6.43. The average molecular weight is 255 g/mol. The van der Waals surface area contributed by atoms with Crippen molar-refractivity contribution in [3.8, 4) is 0 Å². The number of halogens is 1. The van der Waals surface area contributed by atoms with Crippen LogP contribution < -0.4 is 0 Å². The molecule has 2 aromatic heterocycles. The zero-order valence-electron chi connectivity index (χ0n) is 9.71. The zero-order valence-corrected chi connectivity index (χ0v) is 11.3. The summed E-state index contributed by atoms with van der Waals surface area (Å²) in [6, 6.07) is 6.12. The Labute approximate surface area is 105 Å². The first-order chi connectivity index (χ1) is 7.61. The van der Waals surface area contributed by atoms with Gasteiger partial charge in [-0.05, 0) is 37.6 Å². The topological polar surface area (TPSA) is 13.1 Å². The van der Waals surface area contributed by atoms with Gasteiger partial charge in [0.25, 0.3) is 0 Å². The molecule has 16 heavy (non-hydrogen) atoms. The third-order valence-corrected chi connectivity index (χ3v) is 4.07. The number of alkyl halides is 1. The first-order valence-electron chi connectivity index (χ1n) is 5.41. The second-order valence-electron chi connectivity index (χ2n) is 3.89. The number of furan rings is 1. The van der Waals surface area contributed by atoms with Gasteiger partial charge < -0.3 is 4.42 Å². The van der Waals surface area contributed by atoms with E-state index in [1.165, 1.54) is 15.3 Å². The summed E-state index contributed by atoms with van der Waals surface area (Å²) < 4.78 is 5.69. The molecule has 2 heterocycles. The number of thiophene rings is 1. The van der Waals surface area contributed by atoms with Crippen molar-refractivity contribution in [3.63, 3.8) is 0 Å². The van der Waals surface area contributed by atoms with Crippen LogP contribution in [0.1, 0.15) is 39.1 Å². The van der Waals surface area contributed by atoms with Gasteiger partial charge in [0, 0.05) is 16.2 Å². The average Bonchev–Trinajstić information content (AvgIpc) is 2.84. The van der Waals surface area contributed by atoms with Gasteiger partial charge in [-0.15, -0.1) is 22.9 Å². The minimum Gasteiger partial charge on any atom is -0.464 e. The molecule has 0 aliphatic carbocycles. The molecule has 0 aliphatic rings. The SMILES string of the molecule is CCc1ccc(C(Cl)c2cc(C)sc2C)o1. The molecule has 1 atom stereocenters. The van der Waals surface area contributed by atoms with Crippen LogP contribution in [0.15, 0.2) is 22.6 Å². The highest BCUT2D eigenvalue weighted by molar-refractivity contribution is 7.12. The van der Waals surface area contributed by atoms with E-state index in [0.29, 0.717) is 0 Å². The summed E-state index contributed by atoms with van der Waals surface area (Å²) in [6.07, 6.45) is 0.908. The first-order valence-corrected chi connectivity index (χ1v) is 6.66. The molecule has 1 unspecified atom stereocenters. The molecule has 2 rings (SSSR count). The van der Waals surface area contributed by atoms with Gasteiger partial charge in [0.15, 0.2) is 0 Å². The maximum Gasteiger partial charge on any atom is 0.126 e.